The first-order chi connectivity index (χ1) is 19.3. The van der Waals surface area contributed by atoms with E-state index in [2.05, 4.69) is 5.32 Å². The number of nitrogens with one attached hydrogen (secondary N) is 1. The molecule has 0 radical (unpaired) electrons. The number of likely N-dealkylation sites (tertiary alicyclic amines) is 2. The number of fused-ring (bicyclic) bond motifs is 1. The molecule has 10 nitrogen and oxygen atoms in total. The van der Waals surface area contributed by atoms with Crippen LogP contribution in [0, 0.1) is 16.0 Å². The maximum absolute atomic E-state index is 13.8. The fourth-order valence-corrected chi connectivity index (χ4v) is 7.20. The summed E-state index contributed by atoms with van der Waals surface area (Å²) in [7, 11) is 0. The van der Waals surface area contributed by atoms with Crippen molar-refractivity contribution in [1.82, 2.24) is 15.1 Å². The van der Waals surface area contributed by atoms with Gasteiger partial charge in [0, 0.05) is 41.5 Å². The zero-order valence-electron chi connectivity index (χ0n) is 21.5. The summed E-state index contributed by atoms with van der Waals surface area (Å²) in [6, 6.07) is 13.1. The number of non-ortho nitro benzene ring substituents is 1. The van der Waals surface area contributed by atoms with Gasteiger partial charge in [0.2, 0.25) is 11.8 Å². The second-order valence-electron chi connectivity index (χ2n) is 9.87. The molecule has 2 fully saturated rings. The van der Waals surface area contributed by atoms with Crippen molar-refractivity contribution in [2.75, 3.05) is 24.6 Å². The van der Waals surface area contributed by atoms with Crippen molar-refractivity contribution in [3.05, 3.63) is 87.3 Å². The van der Waals surface area contributed by atoms with E-state index in [4.69, 9.17) is 0 Å². The minimum absolute atomic E-state index is 0.123. The molecule has 2 aromatic carbocycles. The second kappa shape index (κ2) is 12.3. The number of ketones is 1. The van der Waals surface area contributed by atoms with Crippen LogP contribution in [-0.4, -0.2) is 80.9 Å². The fourth-order valence-electron chi connectivity index (χ4n) is 5.31. The summed E-state index contributed by atoms with van der Waals surface area (Å²) in [6.07, 6.45) is 2.23. The van der Waals surface area contributed by atoms with Crippen LogP contribution in [0.4, 0.5) is 5.69 Å². The van der Waals surface area contributed by atoms with Crippen LogP contribution in [0.1, 0.15) is 22.3 Å². The number of nitro benzene ring substituents is 1. The summed E-state index contributed by atoms with van der Waals surface area (Å²) < 4.78 is 0. The third-order valence-electron chi connectivity index (χ3n) is 7.30. The van der Waals surface area contributed by atoms with Crippen molar-refractivity contribution < 1.29 is 24.1 Å². The maximum atomic E-state index is 13.8. The van der Waals surface area contributed by atoms with Gasteiger partial charge in [-0.1, -0.05) is 42.5 Å². The third kappa shape index (κ3) is 5.92. The monoisotopic (exact) mass is 580 g/mol. The molecule has 1 unspecified atom stereocenters. The highest BCUT2D eigenvalue weighted by Crippen LogP contribution is 2.32. The van der Waals surface area contributed by atoms with Gasteiger partial charge in [-0.2, -0.15) is 11.8 Å². The normalized spacial score (nSPS) is 22.3. The smallest absolute Gasteiger partial charge is 0.270 e. The molecule has 208 valence electrons. The molecule has 3 heterocycles. The second-order valence-corrected chi connectivity index (χ2v) is 11.8. The molecule has 0 aromatic heterocycles. The molecule has 40 heavy (non-hydrogen) atoms. The number of nitro groups is 1. The Balaban J connectivity index is 1.30. The minimum Gasteiger partial charge on any atom is -0.343 e. The van der Waals surface area contributed by atoms with E-state index < -0.39 is 29.0 Å². The zero-order chi connectivity index (χ0) is 28.2. The molecule has 5 rings (SSSR count). The number of thioether (sulfide) groups is 2. The zero-order valence-corrected chi connectivity index (χ0v) is 23.1. The molecule has 3 aliphatic rings. The Hall–Kier alpha value is -3.64. The van der Waals surface area contributed by atoms with E-state index in [1.165, 1.54) is 45.8 Å². The van der Waals surface area contributed by atoms with Crippen LogP contribution >= 0.6 is 23.5 Å². The Labute approximate surface area is 239 Å². The van der Waals surface area contributed by atoms with Gasteiger partial charge >= 0.3 is 0 Å². The van der Waals surface area contributed by atoms with Crippen molar-refractivity contribution in [1.29, 1.82) is 0 Å². The van der Waals surface area contributed by atoms with Crippen molar-refractivity contribution >= 4 is 52.7 Å². The lowest BCUT2D eigenvalue weighted by molar-refractivity contribution is -0.384. The highest BCUT2D eigenvalue weighted by atomic mass is 32.2. The van der Waals surface area contributed by atoms with Gasteiger partial charge in [-0.05, 0) is 23.5 Å². The molecule has 3 amide bonds. The predicted octanol–water partition coefficient (Wildman–Crippen LogP) is 2.88. The molecule has 0 saturated carbocycles. The molecule has 1 N–H and O–H groups in total. The van der Waals surface area contributed by atoms with Crippen molar-refractivity contribution in [2.45, 2.75) is 30.3 Å². The quantitative estimate of drug-likeness (QED) is 0.354. The van der Waals surface area contributed by atoms with Gasteiger partial charge in [-0.15, -0.1) is 11.8 Å². The van der Waals surface area contributed by atoms with Gasteiger partial charge in [-0.25, -0.2) is 0 Å². The Morgan fingerprint density at radius 1 is 1.12 bits per heavy atom. The van der Waals surface area contributed by atoms with Crippen molar-refractivity contribution in [3.63, 3.8) is 0 Å². The lowest BCUT2D eigenvalue weighted by Gasteiger charge is -2.28. The summed E-state index contributed by atoms with van der Waals surface area (Å²) in [5, 5.41) is 16.0. The Morgan fingerprint density at radius 3 is 2.65 bits per heavy atom. The average Bonchev–Trinajstić information content (AvgIpc) is 3.72. The molecular weight excluding hydrogens is 552 g/mol. The van der Waals surface area contributed by atoms with Gasteiger partial charge in [0.05, 0.1) is 23.4 Å². The van der Waals surface area contributed by atoms with Gasteiger partial charge in [0.15, 0.2) is 5.78 Å². The summed E-state index contributed by atoms with van der Waals surface area (Å²) in [6.45, 7) is 0.0953. The van der Waals surface area contributed by atoms with Crippen LogP contribution in [-0.2, 0) is 20.1 Å². The lowest BCUT2D eigenvalue weighted by Crippen LogP contribution is -2.54. The van der Waals surface area contributed by atoms with Gasteiger partial charge in [0.1, 0.15) is 12.1 Å². The van der Waals surface area contributed by atoms with Crippen LogP contribution in [0.15, 0.2) is 66.1 Å². The Kier molecular flexibility index (Phi) is 8.55. The number of rotatable bonds is 9. The van der Waals surface area contributed by atoms with Crippen LogP contribution in [0.3, 0.4) is 0 Å². The SMILES string of the molecule is O=C(N[C@@H](CSCc1ccccc1)C(=O)N1CC[C@@H]2[C@H]1C(=O)CN2C(=O)c1cccc([N+](=O)[O-])c1)C1C=CSC1. The van der Waals surface area contributed by atoms with E-state index in [0.717, 1.165) is 5.56 Å². The molecule has 0 spiro atoms. The van der Waals surface area contributed by atoms with Crippen molar-refractivity contribution in [3.8, 4) is 0 Å². The summed E-state index contributed by atoms with van der Waals surface area (Å²) >= 11 is 3.07. The summed E-state index contributed by atoms with van der Waals surface area (Å²) in [4.78, 5) is 66.7. The predicted molar refractivity (Wildman–Crippen MR) is 153 cm³/mol. The number of benzene rings is 2. The summed E-state index contributed by atoms with van der Waals surface area (Å²) in [5.41, 5.74) is 1.01. The van der Waals surface area contributed by atoms with Crippen LogP contribution < -0.4 is 5.32 Å². The van der Waals surface area contributed by atoms with Gasteiger partial charge < -0.3 is 15.1 Å². The number of carbonyl (C=O) groups excluding carboxylic acids is 4. The number of amides is 3. The first-order valence-electron chi connectivity index (χ1n) is 12.9. The Morgan fingerprint density at radius 2 is 1.93 bits per heavy atom. The highest BCUT2D eigenvalue weighted by molar-refractivity contribution is 8.02. The molecular formula is C28H28N4O6S2. The molecule has 3 aliphatic heterocycles. The molecule has 2 saturated heterocycles. The fraction of sp³-hybridized carbons (Fsp3) is 0.357. The molecule has 0 bridgehead atoms. The topological polar surface area (TPSA) is 130 Å². The first-order valence-corrected chi connectivity index (χ1v) is 15.1. The third-order valence-corrected chi connectivity index (χ3v) is 9.31. The number of nitrogens with zero attached hydrogens (tertiary/aromatic N) is 3. The summed E-state index contributed by atoms with van der Waals surface area (Å²) in [5.74, 6) is -0.00502. The van der Waals surface area contributed by atoms with E-state index in [-0.39, 0.29) is 47.9 Å². The number of hydrogen-bond acceptors (Lipinski definition) is 8. The highest BCUT2D eigenvalue weighted by Gasteiger charge is 2.52. The van der Waals surface area contributed by atoms with Crippen molar-refractivity contribution in [2.24, 2.45) is 5.92 Å². The van der Waals surface area contributed by atoms with Gasteiger partial charge in [-0.3, -0.25) is 29.3 Å². The number of Topliss-reactive ketones (excluding diaryl/α,β-unsaturated/α-hetero) is 1. The standard InChI is InChI=1S/C28H28N4O6S2/c33-24-14-31(27(35)19-7-4-8-21(13-19)32(37)38)23-9-11-30(25(23)24)28(36)22(29-26(34)20-10-12-39-16-20)17-40-15-18-5-2-1-3-6-18/h1-8,10,12-13,20,22-23,25H,9,11,14-17H2,(H,29,34)/t20?,22-,23+,25-/m0/s1. The van der Waals surface area contributed by atoms with E-state index in [9.17, 15) is 29.3 Å². The molecule has 2 aromatic rings. The van der Waals surface area contributed by atoms with Crippen LogP contribution in [0.2, 0.25) is 0 Å². The molecule has 0 aliphatic carbocycles. The van der Waals surface area contributed by atoms with E-state index in [0.29, 0.717) is 23.7 Å². The first kappa shape index (κ1) is 27.9. The molecule has 4 atom stereocenters. The van der Waals surface area contributed by atoms with Crippen LogP contribution in [0.5, 0.6) is 0 Å². The molecule has 12 heteroatoms. The Bertz CT molecular complexity index is 1350. The number of carbonyl (C=O) groups is 4. The van der Waals surface area contributed by atoms with E-state index >= 15 is 0 Å². The van der Waals surface area contributed by atoms with E-state index in [1.54, 1.807) is 11.8 Å². The maximum Gasteiger partial charge on any atom is 0.270 e. The van der Waals surface area contributed by atoms with E-state index in [1.807, 2.05) is 41.8 Å². The van der Waals surface area contributed by atoms with Gasteiger partial charge in [0.25, 0.3) is 11.6 Å². The minimum atomic E-state index is -0.826. The lowest BCUT2D eigenvalue weighted by atomic mass is 10.1. The average molecular weight is 581 g/mol. The largest absolute Gasteiger partial charge is 0.343 e. The van der Waals surface area contributed by atoms with Crippen LogP contribution in [0.25, 0.3) is 0 Å². The number of hydrogen-bond donors (Lipinski definition) is 1.